The molecule has 0 spiro atoms. The third-order valence-corrected chi connectivity index (χ3v) is 6.11. The van der Waals surface area contributed by atoms with Crippen LogP contribution in [0.2, 0.25) is 10.2 Å². The monoisotopic (exact) mass is 510 g/mol. The summed E-state index contributed by atoms with van der Waals surface area (Å²) >= 11 is 12.2. The number of amides is 2. The molecule has 2 amide bonds. The van der Waals surface area contributed by atoms with Crippen LogP contribution in [0.1, 0.15) is 12.6 Å². The summed E-state index contributed by atoms with van der Waals surface area (Å²) in [5.74, 6) is 0. The number of nitrogens with one attached hydrogen (secondary N) is 1. The number of carbonyl (C=O) groups is 1. The molecule has 34 heavy (non-hydrogen) atoms. The molecule has 0 saturated heterocycles. The van der Waals surface area contributed by atoms with Crippen LogP contribution in [-0.4, -0.2) is 47.9 Å². The van der Waals surface area contributed by atoms with Gasteiger partial charge in [-0.05, 0) is 13.0 Å². The number of urea groups is 1. The maximum absolute atomic E-state index is 14.2. The van der Waals surface area contributed by atoms with E-state index in [-0.39, 0.29) is 32.9 Å². The number of nitrogens with zero attached hydrogens (tertiary/aromatic N) is 7. The van der Waals surface area contributed by atoms with Crippen molar-refractivity contribution in [2.45, 2.75) is 18.5 Å². The van der Waals surface area contributed by atoms with Crippen molar-refractivity contribution >= 4 is 46.3 Å². The molecule has 1 aliphatic heterocycles. The number of rotatable bonds is 2. The maximum Gasteiger partial charge on any atom is 0.401 e. The Kier molecular flexibility index (Phi) is 4.99. The fourth-order valence-electron chi connectivity index (χ4n) is 3.91. The first-order valence-electron chi connectivity index (χ1n) is 9.82. The Labute approximate surface area is 200 Å². The van der Waals surface area contributed by atoms with Crippen LogP contribution in [0.3, 0.4) is 0 Å². The average Bonchev–Trinajstić information content (AvgIpc) is 3.42. The lowest BCUT2D eigenvalue weighted by molar-refractivity contribution is -0.181. The highest BCUT2D eigenvalue weighted by atomic mass is 35.5. The van der Waals surface area contributed by atoms with Crippen molar-refractivity contribution in [3.05, 3.63) is 52.9 Å². The molecule has 5 rings (SSSR count). The van der Waals surface area contributed by atoms with Gasteiger partial charge in [0, 0.05) is 25.9 Å². The number of aromatic nitrogens is 6. The number of hydrogen-bond acceptors (Lipinski definition) is 5. The Morgan fingerprint density at radius 1 is 1.18 bits per heavy atom. The van der Waals surface area contributed by atoms with Crippen LogP contribution in [0.4, 0.5) is 29.3 Å². The molecule has 1 atom stereocenters. The first-order valence-corrected chi connectivity index (χ1v) is 10.6. The summed E-state index contributed by atoms with van der Waals surface area (Å²) in [7, 11) is 1.79. The number of imidazole rings is 1. The molecule has 0 aromatic carbocycles. The fraction of sp³-hybridized carbons (Fsp3) is 0.250. The van der Waals surface area contributed by atoms with Gasteiger partial charge in [-0.15, -0.1) is 0 Å². The van der Waals surface area contributed by atoms with E-state index in [1.165, 1.54) is 24.5 Å². The highest BCUT2D eigenvalue weighted by Gasteiger charge is 2.60. The van der Waals surface area contributed by atoms with Gasteiger partial charge in [0.05, 0.1) is 40.8 Å². The van der Waals surface area contributed by atoms with Crippen LogP contribution in [0.5, 0.6) is 0 Å². The van der Waals surface area contributed by atoms with Gasteiger partial charge in [0.1, 0.15) is 16.8 Å². The summed E-state index contributed by atoms with van der Waals surface area (Å²) in [6, 6.07) is 1.99. The number of hydrogen-bond donors (Lipinski definition) is 1. The van der Waals surface area contributed by atoms with Crippen molar-refractivity contribution in [2.75, 3.05) is 16.8 Å². The quantitative estimate of drug-likeness (QED) is 0.421. The molecular weight excluding hydrogens is 496 g/mol. The van der Waals surface area contributed by atoms with Crippen molar-refractivity contribution in [3.8, 4) is 11.4 Å². The smallest absolute Gasteiger partial charge is 0.340 e. The summed E-state index contributed by atoms with van der Waals surface area (Å²) in [6.07, 6.45) is 1.18. The van der Waals surface area contributed by atoms with Gasteiger partial charge in [-0.25, -0.2) is 19.3 Å². The predicted molar refractivity (Wildman–Crippen MR) is 119 cm³/mol. The summed E-state index contributed by atoms with van der Waals surface area (Å²) < 4.78 is 45.3. The van der Waals surface area contributed by atoms with Crippen LogP contribution in [0.15, 0.2) is 37.1 Å². The SMILES string of the molecule is Cn1cnc(-c2ncc(NC(=O)N3C[C@@](C)(C(F)(F)F)c4c3cnc3cc(Cl)nn43)cc2Cl)c1. The second kappa shape index (κ2) is 7.57. The summed E-state index contributed by atoms with van der Waals surface area (Å²) in [6.45, 7) is 0.331. The van der Waals surface area contributed by atoms with E-state index in [9.17, 15) is 18.0 Å². The van der Waals surface area contributed by atoms with E-state index in [4.69, 9.17) is 23.2 Å². The molecule has 1 aliphatic rings. The normalized spacial score (nSPS) is 17.9. The summed E-state index contributed by atoms with van der Waals surface area (Å²) in [5.41, 5.74) is -1.39. The molecule has 14 heteroatoms. The van der Waals surface area contributed by atoms with Crippen molar-refractivity contribution < 1.29 is 18.0 Å². The molecule has 9 nitrogen and oxygen atoms in total. The van der Waals surface area contributed by atoms with E-state index in [0.29, 0.717) is 11.4 Å². The number of alkyl halides is 3. The zero-order chi connectivity index (χ0) is 24.4. The van der Waals surface area contributed by atoms with E-state index >= 15 is 0 Å². The Morgan fingerprint density at radius 2 is 1.94 bits per heavy atom. The van der Waals surface area contributed by atoms with Gasteiger partial charge < -0.3 is 9.88 Å². The summed E-state index contributed by atoms with van der Waals surface area (Å²) in [4.78, 5) is 26.6. The van der Waals surface area contributed by atoms with E-state index in [0.717, 1.165) is 16.3 Å². The molecule has 1 N–H and O–H groups in total. The third kappa shape index (κ3) is 3.44. The molecule has 5 heterocycles. The van der Waals surface area contributed by atoms with Crippen LogP contribution in [0, 0.1) is 0 Å². The number of anilines is 2. The van der Waals surface area contributed by atoms with Crippen LogP contribution in [-0.2, 0) is 12.5 Å². The second-order valence-corrected chi connectivity index (χ2v) is 8.85. The molecule has 0 saturated carbocycles. The highest BCUT2D eigenvalue weighted by molar-refractivity contribution is 6.33. The van der Waals surface area contributed by atoms with Gasteiger partial charge in [-0.3, -0.25) is 9.88 Å². The minimum absolute atomic E-state index is 0.0120. The average molecular weight is 511 g/mol. The van der Waals surface area contributed by atoms with Crippen molar-refractivity contribution in [3.63, 3.8) is 0 Å². The summed E-state index contributed by atoms with van der Waals surface area (Å²) in [5, 5.41) is 6.71. The molecule has 176 valence electrons. The second-order valence-electron chi connectivity index (χ2n) is 8.05. The van der Waals surface area contributed by atoms with Gasteiger partial charge in [-0.1, -0.05) is 23.2 Å². The molecular formula is C20H15Cl2F3N8O. The Hall–Kier alpha value is -3.38. The standard InChI is InChI=1S/C20H15Cl2F3N8O/c1-19(20(23,24)25)8-32(13-6-26-15-4-14(22)30-33(15)17(13)19)18(34)29-10-3-11(21)16(27-5-10)12-7-31(2)9-28-12/h3-7,9H,8H2,1-2H3,(H,29,34)/t19-/m1/s1. The van der Waals surface area contributed by atoms with E-state index in [2.05, 4.69) is 25.4 Å². The van der Waals surface area contributed by atoms with Gasteiger partial charge in [0.2, 0.25) is 0 Å². The van der Waals surface area contributed by atoms with Crippen molar-refractivity contribution in [1.82, 2.24) is 29.1 Å². The predicted octanol–water partition coefficient (Wildman–Crippen LogP) is 4.70. The molecule has 0 radical (unpaired) electrons. The Morgan fingerprint density at radius 3 is 2.59 bits per heavy atom. The van der Waals surface area contributed by atoms with E-state index in [1.807, 2.05) is 0 Å². The zero-order valence-corrected chi connectivity index (χ0v) is 19.1. The molecule has 0 fully saturated rings. The van der Waals surface area contributed by atoms with Crippen LogP contribution in [0.25, 0.3) is 17.0 Å². The number of carbonyl (C=O) groups excluding carboxylic acids is 1. The van der Waals surface area contributed by atoms with Crippen molar-refractivity contribution in [1.29, 1.82) is 0 Å². The highest BCUT2D eigenvalue weighted by Crippen LogP contribution is 2.50. The van der Waals surface area contributed by atoms with Crippen LogP contribution < -0.4 is 10.2 Å². The Bertz CT molecular complexity index is 1450. The third-order valence-electron chi connectivity index (χ3n) is 5.63. The molecule has 4 aromatic heterocycles. The number of halogens is 5. The maximum atomic E-state index is 14.2. The molecule has 4 aromatic rings. The first-order chi connectivity index (χ1) is 16.0. The van der Waals surface area contributed by atoms with Crippen molar-refractivity contribution in [2.24, 2.45) is 7.05 Å². The van der Waals surface area contributed by atoms with Gasteiger partial charge in [-0.2, -0.15) is 18.3 Å². The van der Waals surface area contributed by atoms with Gasteiger partial charge in [0.15, 0.2) is 10.8 Å². The number of aryl methyl sites for hydroxylation is 1. The minimum Gasteiger partial charge on any atom is -0.340 e. The molecule has 0 aliphatic carbocycles. The lowest BCUT2D eigenvalue weighted by atomic mass is 9.88. The van der Waals surface area contributed by atoms with E-state index < -0.39 is 24.2 Å². The number of pyridine rings is 1. The van der Waals surface area contributed by atoms with Gasteiger partial charge >= 0.3 is 12.2 Å². The first kappa shape index (κ1) is 22.4. The molecule has 0 bridgehead atoms. The minimum atomic E-state index is -4.68. The lowest BCUT2D eigenvalue weighted by Crippen LogP contribution is -2.46. The van der Waals surface area contributed by atoms with Gasteiger partial charge in [0.25, 0.3) is 0 Å². The number of fused-ring (bicyclic) bond motifs is 3. The molecule has 0 unspecified atom stereocenters. The van der Waals surface area contributed by atoms with Crippen LogP contribution >= 0.6 is 23.2 Å². The van der Waals surface area contributed by atoms with E-state index in [1.54, 1.807) is 24.1 Å². The lowest BCUT2D eigenvalue weighted by Gasteiger charge is -2.28. The zero-order valence-electron chi connectivity index (χ0n) is 17.6. The topological polar surface area (TPSA) is 93.2 Å². The Balaban J connectivity index is 1.50. The largest absolute Gasteiger partial charge is 0.401 e. The fourth-order valence-corrected chi connectivity index (χ4v) is 4.35.